The van der Waals surface area contributed by atoms with Gasteiger partial charge in [-0.15, -0.1) is 0 Å². The van der Waals surface area contributed by atoms with Gasteiger partial charge in [-0.2, -0.15) is 0 Å². The Kier molecular flexibility index (Phi) is 2.52. The highest BCUT2D eigenvalue weighted by atomic mass is 16.5. The number of aromatic nitrogens is 1. The fourth-order valence-corrected chi connectivity index (χ4v) is 1.63. The number of aliphatic carboxylic acids is 1. The second-order valence-electron chi connectivity index (χ2n) is 3.77. The molecule has 5 nitrogen and oxygen atoms in total. The molecule has 0 aliphatic carbocycles. The lowest BCUT2D eigenvalue weighted by Crippen LogP contribution is -2.12. The number of H-pyrrole nitrogens is 1. The van der Waals surface area contributed by atoms with E-state index in [1.165, 1.54) is 0 Å². The highest BCUT2D eigenvalue weighted by Gasteiger charge is 2.15. The molecule has 16 heavy (non-hydrogen) atoms. The van der Waals surface area contributed by atoms with Crippen LogP contribution in [0.2, 0.25) is 0 Å². The molecule has 1 heterocycles. The van der Waals surface area contributed by atoms with Crippen LogP contribution < -0.4 is 5.63 Å². The summed E-state index contributed by atoms with van der Waals surface area (Å²) in [6.45, 7) is 1.62. The quantitative estimate of drug-likeness (QED) is 0.820. The molecular weight excluding hydrogens is 210 g/mol. The maximum absolute atomic E-state index is 11.2. The number of carboxylic acids is 1. The van der Waals surface area contributed by atoms with Crippen molar-refractivity contribution in [3.8, 4) is 0 Å². The largest absolute Gasteiger partial charge is 0.481 e. The van der Waals surface area contributed by atoms with Gasteiger partial charge in [0, 0.05) is 0 Å². The Hall–Kier alpha value is -2.04. The molecule has 84 valence electrons. The van der Waals surface area contributed by atoms with Crippen LogP contribution in [0.5, 0.6) is 0 Å². The van der Waals surface area contributed by atoms with Gasteiger partial charge in [0.15, 0.2) is 0 Å². The second-order valence-corrected chi connectivity index (χ2v) is 3.77. The molecule has 0 bridgehead atoms. The Balaban J connectivity index is 2.45. The number of hydrogen-bond acceptors (Lipinski definition) is 3. The number of rotatable bonds is 3. The third-order valence-corrected chi connectivity index (χ3v) is 2.56. The van der Waals surface area contributed by atoms with Crippen LogP contribution in [0.25, 0.3) is 10.9 Å². The lowest BCUT2D eigenvalue weighted by Gasteiger charge is -2.06. The zero-order chi connectivity index (χ0) is 11.7. The van der Waals surface area contributed by atoms with Gasteiger partial charge in [-0.25, -0.2) is 9.95 Å². The molecule has 0 radical (unpaired) electrons. The van der Waals surface area contributed by atoms with E-state index in [1.807, 2.05) is 0 Å². The molecule has 2 rings (SSSR count). The second kappa shape index (κ2) is 3.84. The molecule has 2 aromatic rings. The van der Waals surface area contributed by atoms with Gasteiger partial charge in [-0.3, -0.25) is 4.79 Å². The molecule has 0 aliphatic heterocycles. The molecule has 0 saturated carbocycles. The number of fused-ring (bicyclic) bond motifs is 1. The van der Waals surface area contributed by atoms with Crippen molar-refractivity contribution >= 4 is 16.9 Å². The minimum Gasteiger partial charge on any atom is -0.481 e. The molecule has 5 heteroatoms. The first-order valence-electron chi connectivity index (χ1n) is 4.91. The van der Waals surface area contributed by atoms with Crippen LogP contribution in [0.3, 0.4) is 0 Å². The van der Waals surface area contributed by atoms with Crippen LogP contribution in [-0.2, 0) is 11.2 Å². The molecule has 1 atom stereocenters. The monoisotopic (exact) mass is 221 g/mol. The first-order valence-corrected chi connectivity index (χ1v) is 4.91. The summed E-state index contributed by atoms with van der Waals surface area (Å²) in [5, 5.41) is 11.8. The van der Waals surface area contributed by atoms with Crippen LogP contribution in [0.1, 0.15) is 12.5 Å². The van der Waals surface area contributed by atoms with E-state index in [-0.39, 0.29) is 0 Å². The van der Waals surface area contributed by atoms with Gasteiger partial charge in [-0.05, 0) is 18.1 Å². The summed E-state index contributed by atoms with van der Waals surface area (Å²) >= 11 is 0. The van der Waals surface area contributed by atoms with Crippen molar-refractivity contribution in [3.05, 3.63) is 34.2 Å². The number of hydrogen-bond donors (Lipinski definition) is 2. The van der Waals surface area contributed by atoms with Crippen molar-refractivity contribution in [1.82, 2.24) is 5.16 Å². The van der Waals surface area contributed by atoms with Gasteiger partial charge in [0.2, 0.25) is 0 Å². The number of carboxylic acid groups (broad SMARTS) is 1. The summed E-state index contributed by atoms with van der Waals surface area (Å²) in [5.74, 6) is -1.35. The molecule has 1 aromatic heterocycles. The minimum absolute atomic E-state index is 0.363. The Bertz CT molecular complexity index is 581. The normalized spacial score (nSPS) is 12.8. The van der Waals surface area contributed by atoms with Crippen LogP contribution in [-0.4, -0.2) is 16.2 Å². The number of aromatic amines is 1. The standard InChI is InChI=1S/C11H11NO4/c1-6(10(13)14)5-7-3-2-4-8-9(7)12-16-11(8)15/h2-4,6,12H,5H2,1H3,(H,13,14). The summed E-state index contributed by atoms with van der Waals surface area (Å²) in [7, 11) is 0. The molecule has 0 fully saturated rings. The third-order valence-electron chi connectivity index (χ3n) is 2.56. The summed E-state index contributed by atoms with van der Waals surface area (Å²) in [6.07, 6.45) is 0.363. The average molecular weight is 221 g/mol. The zero-order valence-corrected chi connectivity index (χ0v) is 8.69. The van der Waals surface area contributed by atoms with Crippen LogP contribution >= 0.6 is 0 Å². The van der Waals surface area contributed by atoms with Gasteiger partial charge in [0.05, 0.1) is 16.8 Å². The first kappa shape index (κ1) is 10.5. The maximum Gasteiger partial charge on any atom is 0.365 e. The van der Waals surface area contributed by atoms with E-state index in [1.54, 1.807) is 25.1 Å². The molecule has 0 spiro atoms. The van der Waals surface area contributed by atoms with Crippen molar-refractivity contribution in [3.63, 3.8) is 0 Å². The average Bonchev–Trinajstić information content (AvgIpc) is 2.62. The molecule has 1 aromatic carbocycles. The van der Waals surface area contributed by atoms with Crippen molar-refractivity contribution in [2.45, 2.75) is 13.3 Å². The summed E-state index contributed by atoms with van der Waals surface area (Å²) in [5.41, 5.74) is 0.929. The predicted molar refractivity (Wildman–Crippen MR) is 57.3 cm³/mol. The predicted octanol–water partition coefficient (Wildman–Crippen LogP) is 1.38. The van der Waals surface area contributed by atoms with Crippen LogP contribution in [0, 0.1) is 5.92 Å². The fraction of sp³-hybridized carbons (Fsp3) is 0.273. The molecular formula is C11H11NO4. The summed E-state index contributed by atoms with van der Waals surface area (Å²) < 4.78 is 4.67. The Morgan fingerprint density at radius 2 is 2.31 bits per heavy atom. The van der Waals surface area contributed by atoms with Crippen molar-refractivity contribution in [1.29, 1.82) is 0 Å². The van der Waals surface area contributed by atoms with Gasteiger partial charge in [0.1, 0.15) is 0 Å². The van der Waals surface area contributed by atoms with E-state index in [4.69, 9.17) is 5.11 Å². The topological polar surface area (TPSA) is 83.3 Å². The Morgan fingerprint density at radius 3 is 3.00 bits per heavy atom. The van der Waals surface area contributed by atoms with E-state index in [2.05, 4.69) is 9.68 Å². The number of carbonyl (C=O) groups is 1. The number of para-hydroxylation sites is 1. The first-order chi connectivity index (χ1) is 7.59. The smallest absolute Gasteiger partial charge is 0.365 e. The minimum atomic E-state index is -0.858. The SMILES string of the molecule is CC(Cc1cccc2c(=O)o[nH]c12)C(=O)O. The molecule has 1 unspecified atom stereocenters. The summed E-state index contributed by atoms with van der Waals surface area (Å²) in [4.78, 5) is 22.0. The van der Waals surface area contributed by atoms with E-state index in [0.29, 0.717) is 17.3 Å². The van der Waals surface area contributed by atoms with Gasteiger partial charge < -0.3 is 9.63 Å². The van der Waals surface area contributed by atoms with Crippen LogP contribution in [0.4, 0.5) is 0 Å². The highest BCUT2D eigenvalue weighted by Crippen LogP contribution is 2.17. The van der Waals surface area contributed by atoms with E-state index < -0.39 is 17.5 Å². The van der Waals surface area contributed by atoms with E-state index in [9.17, 15) is 9.59 Å². The Labute approximate surface area is 90.7 Å². The zero-order valence-electron chi connectivity index (χ0n) is 8.69. The van der Waals surface area contributed by atoms with Gasteiger partial charge in [0.25, 0.3) is 0 Å². The van der Waals surface area contributed by atoms with Crippen molar-refractivity contribution in [2.75, 3.05) is 0 Å². The van der Waals surface area contributed by atoms with Crippen molar-refractivity contribution in [2.24, 2.45) is 5.92 Å². The van der Waals surface area contributed by atoms with Crippen molar-refractivity contribution < 1.29 is 14.4 Å². The third kappa shape index (κ3) is 1.71. The lowest BCUT2D eigenvalue weighted by molar-refractivity contribution is -0.141. The number of benzene rings is 1. The van der Waals surface area contributed by atoms with Crippen LogP contribution in [0.15, 0.2) is 27.5 Å². The molecule has 2 N–H and O–H groups in total. The molecule has 0 saturated heterocycles. The van der Waals surface area contributed by atoms with Gasteiger partial charge >= 0.3 is 11.6 Å². The summed E-state index contributed by atoms with van der Waals surface area (Å²) in [6, 6.07) is 5.15. The maximum atomic E-state index is 11.2. The molecule has 0 aliphatic rings. The molecule has 0 amide bonds. The fourth-order valence-electron chi connectivity index (χ4n) is 1.63. The van der Waals surface area contributed by atoms with E-state index >= 15 is 0 Å². The lowest BCUT2D eigenvalue weighted by atomic mass is 10.00. The van der Waals surface area contributed by atoms with Gasteiger partial charge in [-0.1, -0.05) is 19.1 Å². The number of nitrogens with one attached hydrogen (secondary N) is 1. The Morgan fingerprint density at radius 1 is 1.56 bits per heavy atom. The van der Waals surface area contributed by atoms with E-state index in [0.717, 1.165) is 5.56 Å². The highest BCUT2D eigenvalue weighted by molar-refractivity contribution is 5.81.